The smallest absolute Gasteiger partial charge is 0.310 e. The van der Waals surface area contributed by atoms with Gasteiger partial charge in [0.2, 0.25) is 0 Å². The van der Waals surface area contributed by atoms with Crippen LogP contribution in [-0.4, -0.2) is 12.4 Å². The number of hydrogen-bond acceptors (Lipinski definition) is 3. The third-order valence-corrected chi connectivity index (χ3v) is 0.214. The molecule has 0 aromatic carbocycles. The molecule has 0 fully saturated rings. The Labute approximate surface area is 53.2 Å². The molecule has 0 aliphatic carbocycles. The molecule has 0 rings (SSSR count). The van der Waals surface area contributed by atoms with Crippen molar-refractivity contribution in [1.29, 1.82) is 0 Å². The summed E-state index contributed by atoms with van der Waals surface area (Å²) in [6.45, 7) is 1.26. The zero-order chi connectivity index (χ0) is 4.99. The predicted octanol–water partition coefficient (Wildman–Crippen LogP) is -2.91. The molecule has 4 N–H and O–H groups in total. The highest BCUT2D eigenvalue weighted by Crippen LogP contribution is 1.62. The highest BCUT2D eigenvalue weighted by Gasteiger charge is 1.82. The summed E-state index contributed by atoms with van der Waals surface area (Å²) in [5.74, 6) is -0.579. The molecular formula is C3H8ClNO3. The van der Waals surface area contributed by atoms with E-state index in [1.54, 1.807) is 0 Å². The van der Waals surface area contributed by atoms with E-state index in [4.69, 9.17) is 0 Å². The summed E-state index contributed by atoms with van der Waals surface area (Å²) in [6, 6.07) is 0. The molecule has 0 atom stereocenters. The van der Waals surface area contributed by atoms with Crippen molar-refractivity contribution in [3.8, 4) is 0 Å². The summed E-state index contributed by atoms with van der Waals surface area (Å²) >= 11 is 0. The van der Waals surface area contributed by atoms with E-state index in [0.29, 0.717) is 0 Å². The van der Waals surface area contributed by atoms with Crippen molar-refractivity contribution < 1.29 is 26.7 Å². The first kappa shape index (κ1) is 15.7. The number of ether oxygens (including phenoxy) is 1. The fourth-order valence-electron chi connectivity index (χ4n) is 0.0678. The van der Waals surface area contributed by atoms with Crippen LogP contribution >= 0.6 is 0 Å². The SMILES string of the molecule is CC(=O)OC=O.[Cl-].[NH4+]. The average Bonchev–Trinajstić information content (AvgIpc) is 1.35. The average molecular weight is 142 g/mol. The molecule has 0 bridgehead atoms. The maximum Gasteiger partial charge on any atom is 0.310 e. The van der Waals surface area contributed by atoms with Crippen molar-refractivity contribution in [3.63, 3.8) is 0 Å². The lowest BCUT2D eigenvalue weighted by Gasteiger charge is -1.78. The van der Waals surface area contributed by atoms with Gasteiger partial charge in [-0.3, -0.25) is 9.59 Å². The van der Waals surface area contributed by atoms with Crippen molar-refractivity contribution in [3.05, 3.63) is 0 Å². The highest BCUT2D eigenvalue weighted by molar-refractivity contribution is 5.73. The van der Waals surface area contributed by atoms with Crippen LogP contribution < -0.4 is 18.6 Å². The van der Waals surface area contributed by atoms with E-state index < -0.39 is 5.97 Å². The fourth-order valence-corrected chi connectivity index (χ4v) is 0.0678. The van der Waals surface area contributed by atoms with E-state index in [1.165, 1.54) is 0 Å². The Morgan fingerprint density at radius 1 is 1.62 bits per heavy atom. The Kier molecular flexibility index (Phi) is 18.9. The van der Waals surface area contributed by atoms with Gasteiger partial charge < -0.3 is 23.3 Å². The zero-order valence-corrected chi connectivity index (χ0v) is 5.44. The standard InChI is InChI=1S/C3H4O3.ClH.H3N/c1-3(5)6-2-4;;/h2H,1H3;1H;1H3. The van der Waals surface area contributed by atoms with Gasteiger partial charge in [0.1, 0.15) is 0 Å². The van der Waals surface area contributed by atoms with Gasteiger partial charge in [0.05, 0.1) is 0 Å². The molecule has 5 heteroatoms. The van der Waals surface area contributed by atoms with Gasteiger partial charge in [0.25, 0.3) is 0 Å². The second-order valence-electron chi connectivity index (χ2n) is 0.706. The molecule has 0 saturated heterocycles. The van der Waals surface area contributed by atoms with E-state index in [0.717, 1.165) is 6.92 Å². The molecule has 0 radical (unpaired) electrons. The number of quaternary nitrogens is 1. The molecule has 8 heavy (non-hydrogen) atoms. The van der Waals surface area contributed by atoms with Crippen LogP contribution in [0.2, 0.25) is 0 Å². The minimum Gasteiger partial charge on any atom is -1.00 e. The van der Waals surface area contributed by atoms with Crippen LogP contribution in [0.5, 0.6) is 0 Å². The molecule has 0 aliphatic heterocycles. The van der Waals surface area contributed by atoms with Crippen LogP contribution in [0.1, 0.15) is 6.92 Å². The van der Waals surface area contributed by atoms with Crippen molar-refractivity contribution >= 4 is 12.4 Å². The number of hydrogen-bond donors (Lipinski definition) is 1. The molecule has 0 spiro atoms. The number of carbonyl (C=O) groups excluding carboxylic acids is 2. The lowest BCUT2D eigenvalue weighted by molar-refractivity contribution is -0.149. The van der Waals surface area contributed by atoms with E-state index in [9.17, 15) is 9.59 Å². The molecule has 50 valence electrons. The normalized spacial score (nSPS) is 5.12. The Bertz CT molecular complexity index is 74.9. The van der Waals surface area contributed by atoms with Gasteiger partial charge in [-0.2, -0.15) is 0 Å². The summed E-state index contributed by atoms with van der Waals surface area (Å²) < 4.78 is 3.72. The number of rotatable bonds is 1. The number of carbonyl (C=O) groups is 2. The van der Waals surface area contributed by atoms with Crippen LogP contribution in [0.3, 0.4) is 0 Å². The van der Waals surface area contributed by atoms with Gasteiger partial charge in [-0.15, -0.1) is 0 Å². The summed E-state index contributed by atoms with van der Waals surface area (Å²) in [6.07, 6.45) is 0. The molecule has 4 nitrogen and oxygen atoms in total. The summed E-state index contributed by atoms with van der Waals surface area (Å²) in [4.78, 5) is 18.8. The maximum absolute atomic E-state index is 9.59. The lowest BCUT2D eigenvalue weighted by Crippen LogP contribution is -3.00. The second-order valence-corrected chi connectivity index (χ2v) is 0.706. The summed E-state index contributed by atoms with van der Waals surface area (Å²) in [7, 11) is 0. The molecule has 0 aromatic heterocycles. The van der Waals surface area contributed by atoms with E-state index in [-0.39, 0.29) is 25.0 Å². The third-order valence-electron chi connectivity index (χ3n) is 0.214. The van der Waals surface area contributed by atoms with Crippen LogP contribution in [0.25, 0.3) is 0 Å². The number of halogens is 1. The molecule has 0 aromatic rings. The van der Waals surface area contributed by atoms with Gasteiger partial charge in [-0.05, 0) is 0 Å². The Morgan fingerprint density at radius 2 is 2.00 bits per heavy atom. The number of esters is 1. The Hall–Kier alpha value is -0.610. The van der Waals surface area contributed by atoms with Gasteiger partial charge >= 0.3 is 12.4 Å². The largest absolute Gasteiger partial charge is 1.00 e. The third kappa shape index (κ3) is 18.2. The maximum atomic E-state index is 9.59. The van der Waals surface area contributed by atoms with E-state index in [1.807, 2.05) is 0 Å². The monoisotopic (exact) mass is 141 g/mol. The van der Waals surface area contributed by atoms with Crippen LogP contribution in [-0.2, 0) is 14.3 Å². The van der Waals surface area contributed by atoms with Crippen LogP contribution in [0.4, 0.5) is 0 Å². The summed E-state index contributed by atoms with van der Waals surface area (Å²) in [5, 5.41) is 0. The highest BCUT2D eigenvalue weighted by atomic mass is 35.5. The Morgan fingerprint density at radius 3 is 2.00 bits per heavy atom. The van der Waals surface area contributed by atoms with Crippen LogP contribution in [0.15, 0.2) is 0 Å². The minimum absolute atomic E-state index is 0. The van der Waals surface area contributed by atoms with Crippen molar-refractivity contribution in [1.82, 2.24) is 6.15 Å². The minimum atomic E-state index is -0.579. The topological polar surface area (TPSA) is 79.9 Å². The molecule has 0 amide bonds. The summed E-state index contributed by atoms with van der Waals surface area (Å²) in [5.41, 5.74) is 0. The first-order valence-corrected chi connectivity index (χ1v) is 1.38. The quantitative estimate of drug-likeness (QED) is 0.242. The van der Waals surface area contributed by atoms with Gasteiger partial charge in [0, 0.05) is 6.92 Å². The molecular weight excluding hydrogens is 133 g/mol. The zero-order valence-electron chi connectivity index (χ0n) is 4.68. The first-order valence-electron chi connectivity index (χ1n) is 1.38. The van der Waals surface area contributed by atoms with Gasteiger partial charge in [0.15, 0.2) is 0 Å². The van der Waals surface area contributed by atoms with E-state index >= 15 is 0 Å². The molecule has 0 unspecified atom stereocenters. The van der Waals surface area contributed by atoms with E-state index in [2.05, 4.69) is 4.74 Å². The molecule has 0 heterocycles. The first-order chi connectivity index (χ1) is 2.77. The van der Waals surface area contributed by atoms with Gasteiger partial charge in [-0.1, -0.05) is 0 Å². The second kappa shape index (κ2) is 9.63. The van der Waals surface area contributed by atoms with Gasteiger partial charge in [-0.25, -0.2) is 0 Å². The van der Waals surface area contributed by atoms with Crippen molar-refractivity contribution in [2.45, 2.75) is 6.92 Å². The van der Waals surface area contributed by atoms with Crippen molar-refractivity contribution in [2.24, 2.45) is 0 Å². The van der Waals surface area contributed by atoms with Crippen LogP contribution in [0, 0.1) is 0 Å². The molecule has 0 saturated carbocycles. The predicted molar refractivity (Wildman–Crippen MR) is 23.8 cm³/mol. The lowest BCUT2D eigenvalue weighted by atomic mass is 10.8. The fraction of sp³-hybridized carbons (Fsp3) is 0.333. The Balaban J connectivity index is -0.000000125. The molecule has 0 aliphatic rings. The van der Waals surface area contributed by atoms with Crippen molar-refractivity contribution in [2.75, 3.05) is 0 Å².